The Morgan fingerprint density at radius 3 is 2.33 bits per heavy atom. The molecule has 0 radical (unpaired) electrons. The van der Waals surface area contributed by atoms with Gasteiger partial charge in [0.1, 0.15) is 4.90 Å². The summed E-state index contributed by atoms with van der Waals surface area (Å²) in [6, 6.07) is 1.79. The van der Waals surface area contributed by atoms with Gasteiger partial charge in [-0.15, -0.1) is 0 Å². The van der Waals surface area contributed by atoms with E-state index in [1.54, 1.807) is 16.6 Å². The Kier molecular flexibility index (Phi) is 5.43. The van der Waals surface area contributed by atoms with Crippen LogP contribution in [0.2, 0.25) is 0 Å². The van der Waals surface area contributed by atoms with E-state index in [4.69, 9.17) is 0 Å². The molecule has 120 valence electrons. The highest BCUT2D eigenvalue weighted by molar-refractivity contribution is 7.89. The second-order valence-corrected chi connectivity index (χ2v) is 7.26. The molecule has 1 aromatic heterocycles. The molecule has 6 nitrogen and oxygen atoms in total. The minimum absolute atomic E-state index is 0.416. The number of piperazine rings is 1. The lowest BCUT2D eigenvalue weighted by Gasteiger charge is -2.32. The molecule has 0 atom stereocenters. The SMILES string of the molecule is CCN1CCN(S(=O)(=O)c2cc(CNC)n(CC)c2)CC1. The smallest absolute Gasteiger partial charge is 0.244 e. The highest BCUT2D eigenvalue weighted by Gasteiger charge is 2.29. The molecule has 7 heteroatoms. The van der Waals surface area contributed by atoms with Crippen molar-refractivity contribution in [2.45, 2.75) is 31.8 Å². The van der Waals surface area contributed by atoms with Crippen LogP contribution in [-0.4, -0.2) is 62.0 Å². The summed E-state index contributed by atoms with van der Waals surface area (Å²) in [5.41, 5.74) is 1.01. The molecular formula is C14H26N4O2S. The topological polar surface area (TPSA) is 57.6 Å². The fraction of sp³-hybridized carbons (Fsp3) is 0.714. The monoisotopic (exact) mass is 314 g/mol. The zero-order valence-electron chi connectivity index (χ0n) is 13.2. The fourth-order valence-electron chi connectivity index (χ4n) is 2.73. The maximum Gasteiger partial charge on any atom is 0.244 e. The summed E-state index contributed by atoms with van der Waals surface area (Å²) in [5, 5.41) is 3.08. The zero-order chi connectivity index (χ0) is 15.5. The number of sulfonamides is 1. The van der Waals surface area contributed by atoms with Crippen molar-refractivity contribution in [3.63, 3.8) is 0 Å². The first-order chi connectivity index (χ1) is 10.0. The number of rotatable bonds is 6. The number of nitrogens with zero attached hydrogens (tertiary/aromatic N) is 3. The first-order valence-corrected chi connectivity index (χ1v) is 9.03. The van der Waals surface area contributed by atoms with Gasteiger partial charge in [0.15, 0.2) is 0 Å². The van der Waals surface area contributed by atoms with Crippen molar-refractivity contribution in [2.75, 3.05) is 39.8 Å². The van der Waals surface area contributed by atoms with Gasteiger partial charge < -0.3 is 14.8 Å². The second kappa shape index (κ2) is 6.91. The predicted molar refractivity (Wildman–Crippen MR) is 83.7 cm³/mol. The van der Waals surface area contributed by atoms with Crippen molar-refractivity contribution in [3.05, 3.63) is 18.0 Å². The van der Waals surface area contributed by atoms with Crippen LogP contribution in [-0.2, 0) is 23.1 Å². The van der Waals surface area contributed by atoms with Gasteiger partial charge in [0, 0.05) is 51.2 Å². The van der Waals surface area contributed by atoms with Gasteiger partial charge in [-0.25, -0.2) is 8.42 Å². The van der Waals surface area contributed by atoms with Crippen molar-refractivity contribution < 1.29 is 8.42 Å². The number of hydrogen-bond acceptors (Lipinski definition) is 4. The molecule has 0 aromatic carbocycles. The Balaban J connectivity index is 2.20. The number of aryl methyl sites for hydroxylation is 1. The van der Waals surface area contributed by atoms with E-state index < -0.39 is 10.0 Å². The Hall–Kier alpha value is -0.890. The van der Waals surface area contributed by atoms with E-state index in [9.17, 15) is 8.42 Å². The summed E-state index contributed by atoms with van der Waals surface area (Å²) in [7, 11) is -1.50. The second-order valence-electron chi connectivity index (χ2n) is 5.32. The molecule has 0 saturated carbocycles. The number of nitrogens with one attached hydrogen (secondary N) is 1. The third-order valence-electron chi connectivity index (χ3n) is 4.08. The molecule has 1 saturated heterocycles. The summed E-state index contributed by atoms with van der Waals surface area (Å²) in [6.07, 6.45) is 1.76. The van der Waals surface area contributed by atoms with E-state index in [0.29, 0.717) is 24.5 Å². The highest BCUT2D eigenvalue weighted by Crippen LogP contribution is 2.20. The molecule has 0 bridgehead atoms. The molecule has 0 aliphatic carbocycles. The molecule has 1 fully saturated rings. The van der Waals surface area contributed by atoms with E-state index >= 15 is 0 Å². The van der Waals surface area contributed by atoms with Gasteiger partial charge in [-0.2, -0.15) is 4.31 Å². The van der Waals surface area contributed by atoms with E-state index in [1.807, 2.05) is 18.5 Å². The molecule has 1 N–H and O–H groups in total. The summed E-state index contributed by atoms with van der Waals surface area (Å²) >= 11 is 0. The minimum Gasteiger partial charge on any atom is -0.349 e. The van der Waals surface area contributed by atoms with Crippen LogP contribution in [0, 0.1) is 0 Å². The van der Waals surface area contributed by atoms with Gasteiger partial charge in [-0.3, -0.25) is 0 Å². The van der Waals surface area contributed by atoms with Crippen LogP contribution >= 0.6 is 0 Å². The van der Waals surface area contributed by atoms with Crippen LogP contribution in [0.1, 0.15) is 19.5 Å². The Morgan fingerprint density at radius 1 is 1.14 bits per heavy atom. The van der Waals surface area contributed by atoms with Crippen LogP contribution in [0.5, 0.6) is 0 Å². The molecule has 0 unspecified atom stereocenters. The summed E-state index contributed by atoms with van der Waals surface area (Å²) < 4.78 is 29.1. The van der Waals surface area contributed by atoms with E-state index in [1.165, 1.54) is 0 Å². The average molecular weight is 314 g/mol. The lowest BCUT2D eigenvalue weighted by Crippen LogP contribution is -2.48. The quantitative estimate of drug-likeness (QED) is 0.833. The molecule has 1 aromatic rings. The van der Waals surface area contributed by atoms with Crippen molar-refractivity contribution in [1.82, 2.24) is 19.1 Å². The van der Waals surface area contributed by atoms with Crippen molar-refractivity contribution in [2.24, 2.45) is 0 Å². The zero-order valence-corrected chi connectivity index (χ0v) is 14.0. The molecule has 2 heterocycles. The Bertz CT molecular complexity index is 560. The molecule has 1 aliphatic rings. The first-order valence-electron chi connectivity index (χ1n) is 7.59. The van der Waals surface area contributed by atoms with Crippen molar-refractivity contribution >= 4 is 10.0 Å². The number of hydrogen-bond donors (Lipinski definition) is 1. The maximum atomic E-state index is 12.7. The third kappa shape index (κ3) is 3.48. The highest BCUT2D eigenvalue weighted by atomic mass is 32.2. The molecular weight excluding hydrogens is 288 g/mol. The maximum absolute atomic E-state index is 12.7. The standard InChI is InChI=1S/C14H26N4O2S/c1-4-16-6-8-18(9-7-16)21(19,20)14-10-13(11-15-3)17(5-2)12-14/h10,12,15H,4-9,11H2,1-3H3. The van der Waals surface area contributed by atoms with Crippen LogP contribution in [0.3, 0.4) is 0 Å². The summed E-state index contributed by atoms with van der Waals surface area (Å²) in [5.74, 6) is 0. The van der Waals surface area contributed by atoms with Crippen LogP contribution in [0.25, 0.3) is 0 Å². The minimum atomic E-state index is -3.37. The van der Waals surface area contributed by atoms with Crippen LogP contribution < -0.4 is 5.32 Å². The summed E-state index contributed by atoms with van der Waals surface area (Å²) in [6.45, 7) is 9.34. The van der Waals surface area contributed by atoms with E-state index in [-0.39, 0.29) is 0 Å². The van der Waals surface area contributed by atoms with E-state index in [0.717, 1.165) is 31.9 Å². The normalized spacial score (nSPS) is 18.2. The molecule has 0 amide bonds. The Labute approximate surface area is 127 Å². The average Bonchev–Trinajstić information content (AvgIpc) is 2.91. The third-order valence-corrected chi connectivity index (χ3v) is 5.94. The van der Waals surface area contributed by atoms with Gasteiger partial charge in [0.2, 0.25) is 10.0 Å². The van der Waals surface area contributed by atoms with Crippen LogP contribution in [0.15, 0.2) is 17.2 Å². The lowest BCUT2D eigenvalue weighted by molar-refractivity contribution is 0.196. The van der Waals surface area contributed by atoms with Crippen molar-refractivity contribution in [3.8, 4) is 0 Å². The number of aromatic nitrogens is 1. The lowest BCUT2D eigenvalue weighted by atomic mass is 10.4. The predicted octanol–water partition coefficient (Wildman–Crippen LogP) is 0.554. The summed E-state index contributed by atoms with van der Waals surface area (Å²) in [4.78, 5) is 2.69. The fourth-order valence-corrected chi connectivity index (χ4v) is 4.21. The van der Waals surface area contributed by atoms with Gasteiger partial charge in [-0.1, -0.05) is 6.92 Å². The Morgan fingerprint density at radius 2 is 1.81 bits per heavy atom. The van der Waals surface area contributed by atoms with Crippen molar-refractivity contribution in [1.29, 1.82) is 0 Å². The molecule has 0 spiro atoms. The van der Waals surface area contributed by atoms with Gasteiger partial charge in [0.25, 0.3) is 0 Å². The van der Waals surface area contributed by atoms with Gasteiger partial charge >= 0.3 is 0 Å². The molecule has 1 aliphatic heterocycles. The largest absolute Gasteiger partial charge is 0.349 e. The first kappa shape index (κ1) is 16.5. The van der Waals surface area contributed by atoms with Gasteiger partial charge in [0.05, 0.1) is 0 Å². The number of likely N-dealkylation sites (N-methyl/N-ethyl adjacent to an activating group) is 1. The molecule has 21 heavy (non-hydrogen) atoms. The molecule has 2 rings (SSSR count). The van der Waals surface area contributed by atoms with E-state index in [2.05, 4.69) is 17.1 Å². The van der Waals surface area contributed by atoms with Gasteiger partial charge in [-0.05, 0) is 26.6 Å². The van der Waals surface area contributed by atoms with Crippen LogP contribution in [0.4, 0.5) is 0 Å².